The Morgan fingerprint density at radius 2 is 2.00 bits per heavy atom. The Bertz CT molecular complexity index is 692. The summed E-state index contributed by atoms with van der Waals surface area (Å²) in [5.41, 5.74) is 1.98. The Kier molecular flexibility index (Phi) is 4.72. The van der Waals surface area contributed by atoms with Crippen LogP contribution in [0.5, 0.6) is 0 Å². The van der Waals surface area contributed by atoms with Crippen molar-refractivity contribution in [3.63, 3.8) is 0 Å². The van der Waals surface area contributed by atoms with Crippen LogP contribution in [0.3, 0.4) is 0 Å². The van der Waals surface area contributed by atoms with E-state index in [1.807, 2.05) is 19.9 Å². The van der Waals surface area contributed by atoms with E-state index in [-0.39, 0.29) is 12.1 Å². The van der Waals surface area contributed by atoms with Crippen molar-refractivity contribution < 1.29 is 18.0 Å². The largest absolute Gasteiger partial charge is 0.390 e. The van der Waals surface area contributed by atoms with Gasteiger partial charge < -0.3 is 4.90 Å². The summed E-state index contributed by atoms with van der Waals surface area (Å²) in [4.78, 5) is 17.3. The summed E-state index contributed by atoms with van der Waals surface area (Å²) in [5, 5.41) is 4.28. The molecule has 0 aliphatic rings. The number of carbonyl (C=O) groups excluding carboxylic acids is 1. The monoisotopic (exact) mass is 326 g/mol. The van der Waals surface area contributed by atoms with E-state index in [1.165, 1.54) is 19.3 Å². The first kappa shape index (κ1) is 17.0. The van der Waals surface area contributed by atoms with Crippen molar-refractivity contribution in [1.82, 2.24) is 19.7 Å². The highest BCUT2D eigenvalue weighted by atomic mass is 19.4. The lowest BCUT2D eigenvalue weighted by Crippen LogP contribution is -2.30. The molecule has 2 rings (SSSR count). The second kappa shape index (κ2) is 6.39. The maximum Gasteiger partial charge on any atom is 0.390 e. The highest BCUT2D eigenvalue weighted by molar-refractivity contribution is 5.93. The molecule has 8 heteroatoms. The highest BCUT2D eigenvalue weighted by Gasteiger charge is 2.28. The first-order valence-corrected chi connectivity index (χ1v) is 6.99. The van der Waals surface area contributed by atoms with E-state index >= 15 is 0 Å². The predicted octanol–water partition coefficient (Wildman–Crippen LogP) is 2.91. The van der Waals surface area contributed by atoms with Crippen molar-refractivity contribution in [2.24, 2.45) is 0 Å². The number of hydrogen-bond donors (Lipinski definition) is 0. The van der Waals surface area contributed by atoms with Gasteiger partial charge in [-0.3, -0.25) is 4.79 Å². The van der Waals surface area contributed by atoms with Crippen LogP contribution in [0, 0.1) is 13.8 Å². The average molecular weight is 326 g/mol. The summed E-state index contributed by atoms with van der Waals surface area (Å²) in [7, 11) is 1.34. The molecule has 0 saturated carbocycles. The zero-order chi connectivity index (χ0) is 17.2. The molecule has 0 aliphatic heterocycles. The average Bonchev–Trinajstić information content (AvgIpc) is 2.82. The van der Waals surface area contributed by atoms with Crippen molar-refractivity contribution in [3.05, 3.63) is 41.3 Å². The molecule has 2 aromatic heterocycles. The molecule has 0 unspecified atom stereocenters. The van der Waals surface area contributed by atoms with Crippen LogP contribution < -0.4 is 0 Å². The lowest BCUT2D eigenvalue weighted by molar-refractivity contribution is -0.136. The maximum absolute atomic E-state index is 12.2. The topological polar surface area (TPSA) is 51.0 Å². The number of alkyl halides is 3. The van der Waals surface area contributed by atoms with Crippen LogP contribution in [-0.4, -0.2) is 45.3 Å². The number of nitrogens with zero attached hydrogens (tertiary/aromatic N) is 4. The minimum Gasteiger partial charge on any atom is -0.341 e. The fourth-order valence-corrected chi connectivity index (χ4v) is 2.12. The molecule has 2 aromatic rings. The minimum atomic E-state index is -4.29. The first-order chi connectivity index (χ1) is 10.7. The Morgan fingerprint density at radius 1 is 1.30 bits per heavy atom. The number of rotatable bonds is 4. The Morgan fingerprint density at radius 3 is 2.48 bits per heavy atom. The van der Waals surface area contributed by atoms with Crippen molar-refractivity contribution in [1.29, 1.82) is 0 Å². The molecule has 0 bridgehead atoms. The van der Waals surface area contributed by atoms with Gasteiger partial charge in [-0.2, -0.15) is 18.3 Å². The SMILES string of the molecule is Cc1cc(C)n(-c2ccc(C(=O)N(C)CCC(F)(F)F)cn2)n1. The number of amides is 1. The molecule has 1 amide bonds. The molecule has 0 spiro atoms. The molecular weight excluding hydrogens is 309 g/mol. The van der Waals surface area contributed by atoms with Crippen LogP contribution in [0.15, 0.2) is 24.4 Å². The molecule has 5 nitrogen and oxygen atoms in total. The van der Waals surface area contributed by atoms with Crippen LogP contribution in [0.4, 0.5) is 13.2 Å². The number of aromatic nitrogens is 3. The molecule has 0 saturated heterocycles. The quantitative estimate of drug-likeness (QED) is 0.868. The third kappa shape index (κ3) is 4.30. The zero-order valence-electron chi connectivity index (χ0n) is 13.1. The lowest BCUT2D eigenvalue weighted by atomic mass is 10.2. The first-order valence-electron chi connectivity index (χ1n) is 6.99. The minimum absolute atomic E-state index is 0.236. The van der Waals surface area contributed by atoms with E-state index in [2.05, 4.69) is 10.1 Å². The fourth-order valence-electron chi connectivity index (χ4n) is 2.12. The summed E-state index contributed by atoms with van der Waals surface area (Å²) in [6.45, 7) is 3.35. The number of pyridine rings is 1. The van der Waals surface area contributed by atoms with Gasteiger partial charge in [0, 0.05) is 25.5 Å². The Balaban J connectivity index is 2.10. The summed E-state index contributed by atoms with van der Waals surface area (Å²) in [6.07, 6.45) is -3.98. The van der Waals surface area contributed by atoms with Crippen molar-refractivity contribution in [2.75, 3.05) is 13.6 Å². The van der Waals surface area contributed by atoms with Crippen molar-refractivity contribution >= 4 is 5.91 Å². The molecule has 0 atom stereocenters. The smallest absolute Gasteiger partial charge is 0.341 e. The fraction of sp³-hybridized carbons (Fsp3) is 0.400. The van der Waals surface area contributed by atoms with Crippen molar-refractivity contribution in [3.8, 4) is 5.82 Å². The molecule has 124 valence electrons. The van der Waals surface area contributed by atoms with Gasteiger partial charge >= 0.3 is 6.18 Å². The normalized spacial score (nSPS) is 11.6. The maximum atomic E-state index is 12.2. The molecule has 0 radical (unpaired) electrons. The van der Waals surface area contributed by atoms with E-state index in [1.54, 1.807) is 10.7 Å². The molecule has 0 N–H and O–H groups in total. The number of halogens is 3. The van der Waals surface area contributed by atoms with E-state index in [0.29, 0.717) is 5.82 Å². The highest BCUT2D eigenvalue weighted by Crippen LogP contribution is 2.20. The predicted molar refractivity (Wildman–Crippen MR) is 78.5 cm³/mol. The summed E-state index contributed by atoms with van der Waals surface area (Å²) < 4.78 is 38.2. The lowest BCUT2D eigenvalue weighted by Gasteiger charge is -2.18. The molecule has 0 aliphatic carbocycles. The second-order valence-electron chi connectivity index (χ2n) is 5.34. The van der Waals surface area contributed by atoms with E-state index in [4.69, 9.17) is 0 Å². The standard InChI is InChI=1S/C15H17F3N4O/c1-10-8-11(2)22(20-10)13-5-4-12(9-19-13)14(23)21(3)7-6-15(16,17)18/h4-5,8-9H,6-7H2,1-3H3. The number of hydrogen-bond acceptors (Lipinski definition) is 3. The van der Waals surface area contributed by atoms with Crippen molar-refractivity contribution in [2.45, 2.75) is 26.4 Å². The molecule has 0 fully saturated rings. The van der Waals surface area contributed by atoms with Gasteiger partial charge in [0.2, 0.25) is 0 Å². The molecule has 0 aromatic carbocycles. The Hall–Kier alpha value is -2.38. The summed E-state index contributed by atoms with van der Waals surface area (Å²) >= 11 is 0. The number of carbonyl (C=O) groups is 1. The van der Waals surface area contributed by atoms with Gasteiger partial charge in [-0.1, -0.05) is 0 Å². The number of aryl methyl sites for hydroxylation is 2. The van der Waals surface area contributed by atoms with Gasteiger partial charge in [0.1, 0.15) is 0 Å². The van der Waals surface area contributed by atoms with Crippen LogP contribution in [-0.2, 0) is 0 Å². The van der Waals surface area contributed by atoms with E-state index < -0.39 is 18.5 Å². The summed E-state index contributed by atoms with van der Waals surface area (Å²) in [6, 6.07) is 5.04. The van der Waals surface area contributed by atoms with Gasteiger partial charge in [0.25, 0.3) is 5.91 Å². The van der Waals surface area contributed by atoms with E-state index in [9.17, 15) is 18.0 Å². The Labute approximate surface area is 131 Å². The van der Waals surface area contributed by atoms with Gasteiger partial charge in [0.15, 0.2) is 5.82 Å². The molecular formula is C15H17F3N4O. The van der Waals surface area contributed by atoms with Crippen LogP contribution in [0.1, 0.15) is 28.2 Å². The van der Waals surface area contributed by atoms with Crippen LogP contribution >= 0.6 is 0 Å². The molecule has 23 heavy (non-hydrogen) atoms. The van der Waals surface area contributed by atoms with Gasteiger partial charge in [-0.15, -0.1) is 0 Å². The van der Waals surface area contributed by atoms with Crippen LogP contribution in [0.25, 0.3) is 5.82 Å². The third-order valence-electron chi connectivity index (χ3n) is 3.30. The zero-order valence-corrected chi connectivity index (χ0v) is 13.1. The van der Waals surface area contributed by atoms with Crippen LogP contribution in [0.2, 0.25) is 0 Å². The third-order valence-corrected chi connectivity index (χ3v) is 3.30. The summed E-state index contributed by atoms with van der Waals surface area (Å²) in [5.74, 6) is 0.0479. The van der Waals surface area contributed by atoms with Gasteiger partial charge in [-0.25, -0.2) is 9.67 Å². The van der Waals surface area contributed by atoms with Gasteiger partial charge in [0.05, 0.1) is 17.7 Å². The van der Waals surface area contributed by atoms with E-state index in [0.717, 1.165) is 16.3 Å². The molecule has 2 heterocycles. The second-order valence-corrected chi connectivity index (χ2v) is 5.34. The van der Waals surface area contributed by atoms with Gasteiger partial charge in [-0.05, 0) is 32.0 Å².